The molecule has 0 aliphatic rings. The summed E-state index contributed by atoms with van der Waals surface area (Å²) < 4.78 is 0. The lowest BCUT2D eigenvalue weighted by Crippen LogP contribution is -2.57. The predicted molar refractivity (Wildman–Crippen MR) is 147 cm³/mol. The number of aromatic amines is 1. The highest BCUT2D eigenvalue weighted by atomic mass is 32.2. The van der Waals surface area contributed by atoms with Crippen molar-refractivity contribution in [3.8, 4) is 0 Å². The van der Waals surface area contributed by atoms with Gasteiger partial charge in [0.15, 0.2) is 0 Å². The van der Waals surface area contributed by atoms with E-state index in [0.29, 0.717) is 5.75 Å². The number of carbonyl (C=O) groups excluding carboxylic acids is 4. The number of amides is 4. The number of aromatic nitrogens is 1. The number of aliphatic carboxylic acids is 2. The molecule has 0 spiro atoms. The summed E-state index contributed by atoms with van der Waals surface area (Å²) in [6.45, 7) is 0. The minimum atomic E-state index is -1.68. The van der Waals surface area contributed by atoms with E-state index in [4.69, 9.17) is 16.6 Å². The molecule has 14 nitrogen and oxygen atoms in total. The van der Waals surface area contributed by atoms with Gasteiger partial charge < -0.3 is 42.6 Å². The molecule has 0 aliphatic heterocycles. The minimum Gasteiger partial charge on any atom is -0.481 e. The molecule has 1 aromatic carbocycles. The number of hydrogen-bond acceptors (Lipinski definition) is 8. The number of rotatable bonds is 17. The fourth-order valence-corrected chi connectivity index (χ4v) is 4.37. The molecule has 10 N–H and O–H groups in total. The zero-order valence-electron chi connectivity index (χ0n) is 21.8. The first-order valence-corrected chi connectivity index (χ1v) is 13.8. The van der Waals surface area contributed by atoms with Crippen LogP contribution in [-0.4, -0.2) is 86.9 Å². The molecule has 40 heavy (non-hydrogen) atoms. The van der Waals surface area contributed by atoms with Gasteiger partial charge in [-0.2, -0.15) is 11.8 Å². The molecule has 4 unspecified atom stereocenters. The van der Waals surface area contributed by atoms with Gasteiger partial charge in [-0.25, -0.2) is 4.79 Å². The second-order valence-electron chi connectivity index (χ2n) is 9.08. The lowest BCUT2D eigenvalue weighted by molar-refractivity contribution is -0.144. The number of H-pyrrole nitrogens is 1. The molecule has 2 aromatic rings. The number of carbonyl (C=O) groups is 6. The topological polar surface area (TPSA) is 247 Å². The van der Waals surface area contributed by atoms with Crippen molar-refractivity contribution in [1.29, 1.82) is 0 Å². The Balaban J connectivity index is 2.14. The van der Waals surface area contributed by atoms with Gasteiger partial charge in [-0.05, 0) is 42.9 Å². The average Bonchev–Trinajstić information content (AvgIpc) is 3.30. The Morgan fingerprint density at radius 2 is 1.52 bits per heavy atom. The van der Waals surface area contributed by atoms with Crippen LogP contribution in [0, 0.1) is 0 Å². The van der Waals surface area contributed by atoms with E-state index >= 15 is 0 Å². The fraction of sp³-hybridized carbons (Fsp3) is 0.440. The first-order valence-electron chi connectivity index (χ1n) is 12.4. The molecule has 4 amide bonds. The first kappa shape index (κ1) is 32.1. The monoisotopic (exact) mass is 578 g/mol. The zero-order chi connectivity index (χ0) is 29.8. The number of thioether (sulfide) groups is 1. The molecule has 2 rings (SSSR count). The quantitative estimate of drug-likeness (QED) is 0.114. The molecular formula is C25H34N6O8S. The number of primary amides is 1. The highest BCUT2D eigenvalue weighted by molar-refractivity contribution is 7.98. The maximum absolute atomic E-state index is 13.2. The van der Waals surface area contributed by atoms with Crippen molar-refractivity contribution in [2.45, 2.75) is 56.3 Å². The predicted octanol–water partition coefficient (Wildman–Crippen LogP) is -0.930. The summed E-state index contributed by atoms with van der Waals surface area (Å²) in [6.07, 6.45) is 2.30. The number of carboxylic acid groups (broad SMARTS) is 2. The third-order valence-electron chi connectivity index (χ3n) is 5.99. The molecule has 0 saturated carbocycles. The number of hydrogen-bond donors (Lipinski definition) is 8. The van der Waals surface area contributed by atoms with Crippen molar-refractivity contribution in [3.05, 3.63) is 36.0 Å². The summed E-state index contributed by atoms with van der Waals surface area (Å²) >= 11 is 1.41. The Morgan fingerprint density at radius 3 is 2.12 bits per heavy atom. The largest absolute Gasteiger partial charge is 0.481 e. The second kappa shape index (κ2) is 15.5. The van der Waals surface area contributed by atoms with Crippen LogP contribution in [0.15, 0.2) is 30.5 Å². The summed E-state index contributed by atoms with van der Waals surface area (Å²) in [5, 5.41) is 26.3. The van der Waals surface area contributed by atoms with Gasteiger partial charge >= 0.3 is 11.9 Å². The summed E-state index contributed by atoms with van der Waals surface area (Å²) in [5.74, 6) is -5.72. The maximum Gasteiger partial charge on any atom is 0.326 e. The molecule has 0 bridgehead atoms. The van der Waals surface area contributed by atoms with Gasteiger partial charge in [0.25, 0.3) is 0 Å². The number of nitrogens with two attached hydrogens (primary N) is 2. The van der Waals surface area contributed by atoms with E-state index in [-0.39, 0.29) is 19.3 Å². The number of benzene rings is 1. The average molecular weight is 579 g/mol. The first-order chi connectivity index (χ1) is 18.9. The highest BCUT2D eigenvalue weighted by Crippen LogP contribution is 2.19. The zero-order valence-corrected chi connectivity index (χ0v) is 22.7. The van der Waals surface area contributed by atoms with Crippen LogP contribution < -0.4 is 27.4 Å². The van der Waals surface area contributed by atoms with Crippen LogP contribution in [0.1, 0.15) is 31.2 Å². The van der Waals surface area contributed by atoms with Crippen LogP contribution >= 0.6 is 11.8 Å². The van der Waals surface area contributed by atoms with Gasteiger partial charge in [0, 0.05) is 23.5 Å². The summed E-state index contributed by atoms with van der Waals surface area (Å²) in [6, 6.07) is 2.24. The van der Waals surface area contributed by atoms with Gasteiger partial charge in [-0.1, -0.05) is 18.2 Å². The van der Waals surface area contributed by atoms with Crippen molar-refractivity contribution < 1.29 is 39.0 Å². The Morgan fingerprint density at radius 1 is 0.925 bits per heavy atom. The Kier molecular flexibility index (Phi) is 12.4. The van der Waals surface area contributed by atoms with Gasteiger partial charge in [-0.15, -0.1) is 0 Å². The van der Waals surface area contributed by atoms with Gasteiger partial charge in [-0.3, -0.25) is 24.0 Å². The van der Waals surface area contributed by atoms with Crippen LogP contribution in [0.4, 0.5) is 0 Å². The number of carboxylic acids is 2. The van der Waals surface area contributed by atoms with Gasteiger partial charge in [0.2, 0.25) is 23.6 Å². The van der Waals surface area contributed by atoms with E-state index in [0.717, 1.165) is 16.5 Å². The molecule has 0 fully saturated rings. The lowest BCUT2D eigenvalue weighted by atomic mass is 10.0. The number of para-hydroxylation sites is 1. The van der Waals surface area contributed by atoms with Gasteiger partial charge in [0.1, 0.15) is 18.1 Å². The van der Waals surface area contributed by atoms with Gasteiger partial charge in [0.05, 0.1) is 12.5 Å². The van der Waals surface area contributed by atoms with Crippen molar-refractivity contribution in [1.82, 2.24) is 20.9 Å². The summed E-state index contributed by atoms with van der Waals surface area (Å²) in [7, 11) is 0. The molecule has 218 valence electrons. The molecule has 15 heteroatoms. The van der Waals surface area contributed by atoms with Crippen molar-refractivity contribution in [3.63, 3.8) is 0 Å². The van der Waals surface area contributed by atoms with E-state index in [9.17, 15) is 33.9 Å². The standard InChI is InChI=1S/C25H34N6O8S/c1-40-9-8-18(29-22(35)15(26)10-13-12-28-16-5-3-2-4-14(13)16)24(37)30-17(6-7-21(33)34)23(36)31-19(25(38)39)11-20(27)32/h2-5,12,15,17-19,28H,6-11,26H2,1H3,(H2,27,32)(H,29,35)(H,30,37)(H,31,36)(H,33,34)(H,38,39). The number of nitrogens with one attached hydrogen (secondary N) is 4. The van der Waals surface area contributed by atoms with E-state index in [1.807, 2.05) is 24.3 Å². The normalized spacial score (nSPS) is 13.9. The van der Waals surface area contributed by atoms with E-state index < -0.39 is 72.6 Å². The minimum absolute atomic E-state index is 0.172. The Labute approximate surface area is 234 Å². The molecule has 1 heterocycles. The van der Waals surface area contributed by atoms with E-state index in [1.54, 1.807) is 12.5 Å². The van der Waals surface area contributed by atoms with Crippen molar-refractivity contribution in [2.24, 2.45) is 11.5 Å². The maximum atomic E-state index is 13.2. The highest BCUT2D eigenvalue weighted by Gasteiger charge is 2.31. The number of fused-ring (bicyclic) bond motifs is 1. The summed E-state index contributed by atoms with van der Waals surface area (Å²) in [5.41, 5.74) is 12.9. The summed E-state index contributed by atoms with van der Waals surface area (Å²) in [4.78, 5) is 75.7. The third-order valence-corrected chi connectivity index (χ3v) is 6.64. The second-order valence-corrected chi connectivity index (χ2v) is 10.1. The lowest BCUT2D eigenvalue weighted by Gasteiger charge is -2.25. The van der Waals surface area contributed by atoms with Crippen LogP contribution in [0.3, 0.4) is 0 Å². The van der Waals surface area contributed by atoms with Crippen molar-refractivity contribution >= 4 is 58.2 Å². The molecular weight excluding hydrogens is 544 g/mol. The van der Waals surface area contributed by atoms with Crippen LogP contribution in [-0.2, 0) is 35.2 Å². The fourth-order valence-electron chi connectivity index (χ4n) is 3.90. The van der Waals surface area contributed by atoms with Crippen LogP contribution in [0.5, 0.6) is 0 Å². The smallest absolute Gasteiger partial charge is 0.326 e. The third kappa shape index (κ3) is 9.89. The van der Waals surface area contributed by atoms with E-state index in [1.165, 1.54) is 11.8 Å². The molecule has 0 aliphatic carbocycles. The van der Waals surface area contributed by atoms with Crippen LogP contribution in [0.25, 0.3) is 10.9 Å². The Bertz CT molecular complexity index is 1230. The molecule has 0 saturated heterocycles. The van der Waals surface area contributed by atoms with Crippen molar-refractivity contribution in [2.75, 3.05) is 12.0 Å². The SMILES string of the molecule is CSCCC(NC(=O)C(N)Cc1c[nH]c2ccccc12)C(=O)NC(CCC(=O)O)C(=O)NC(CC(N)=O)C(=O)O. The van der Waals surface area contributed by atoms with E-state index in [2.05, 4.69) is 20.9 Å². The molecule has 4 atom stereocenters. The Hall–Kier alpha value is -4.11. The molecule has 1 aromatic heterocycles. The van der Waals surface area contributed by atoms with Crippen LogP contribution in [0.2, 0.25) is 0 Å². The molecule has 0 radical (unpaired) electrons.